The number of hydrogen-bond acceptors (Lipinski definition) is 6. The van der Waals surface area contributed by atoms with Crippen molar-refractivity contribution in [1.82, 2.24) is 10.2 Å². The first-order chi connectivity index (χ1) is 11.8. The molecule has 3 amide bonds. The Balaban J connectivity index is 0.00000338. The number of esters is 1. The molecule has 0 spiro atoms. The van der Waals surface area contributed by atoms with Gasteiger partial charge in [-0.3, -0.25) is 19.9 Å². The van der Waals surface area contributed by atoms with Crippen LogP contribution in [0.3, 0.4) is 0 Å². The maximum absolute atomic E-state index is 12.7. The van der Waals surface area contributed by atoms with Crippen molar-refractivity contribution < 1.29 is 23.9 Å². The van der Waals surface area contributed by atoms with E-state index in [1.54, 1.807) is 45.0 Å². The normalized spacial score (nSPS) is 18.8. The van der Waals surface area contributed by atoms with Gasteiger partial charge < -0.3 is 14.8 Å². The summed E-state index contributed by atoms with van der Waals surface area (Å²) in [5, 5.41) is 10.4. The second-order valence-electron chi connectivity index (χ2n) is 5.59. The molecule has 1 fully saturated rings. The lowest BCUT2D eigenvalue weighted by Gasteiger charge is -2.22. The predicted molar refractivity (Wildman–Crippen MR) is 96.4 cm³/mol. The summed E-state index contributed by atoms with van der Waals surface area (Å²) in [7, 11) is 0. The summed E-state index contributed by atoms with van der Waals surface area (Å²) in [6.45, 7) is 5.13. The van der Waals surface area contributed by atoms with Crippen molar-refractivity contribution in [1.29, 1.82) is 5.41 Å². The molecule has 1 atom stereocenters. The molecule has 2 N–H and O–H groups in total. The van der Waals surface area contributed by atoms with Crippen molar-refractivity contribution in [3.63, 3.8) is 0 Å². The number of rotatable bonds is 6. The van der Waals surface area contributed by atoms with Crippen LogP contribution in [-0.2, 0) is 24.6 Å². The molecule has 0 bridgehead atoms. The van der Waals surface area contributed by atoms with E-state index < -0.39 is 30.0 Å². The Morgan fingerprint density at radius 1 is 1.15 bits per heavy atom. The number of carbonyl (C=O) groups excluding carboxylic acids is 3. The molecule has 0 aromatic heterocycles. The fourth-order valence-electron chi connectivity index (χ4n) is 2.55. The number of amides is 3. The third-order valence-corrected chi connectivity index (χ3v) is 3.88. The number of nitrogens with one attached hydrogen (secondary N) is 2. The number of ether oxygens (including phenoxy) is 2. The fraction of sp³-hybridized carbons (Fsp3) is 0.412. The average Bonchev–Trinajstić information content (AvgIpc) is 2.80. The summed E-state index contributed by atoms with van der Waals surface area (Å²) < 4.78 is 9.92. The molecular weight excluding hydrogens is 362 g/mol. The van der Waals surface area contributed by atoms with Crippen molar-refractivity contribution in [2.45, 2.75) is 26.3 Å². The number of benzene rings is 1. The fourth-order valence-corrected chi connectivity index (χ4v) is 2.55. The summed E-state index contributed by atoms with van der Waals surface area (Å²) in [5.74, 6) is -1.14. The smallest absolute Gasteiger partial charge is 0.326 e. The Morgan fingerprint density at radius 2 is 1.73 bits per heavy atom. The highest BCUT2D eigenvalue weighted by atomic mass is 35.5. The van der Waals surface area contributed by atoms with Crippen LogP contribution in [-0.4, -0.2) is 48.5 Å². The van der Waals surface area contributed by atoms with Gasteiger partial charge in [0.25, 0.3) is 5.91 Å². The summed E-state index contributed by atoms with van der Waals surface area (Å²) in [4.78, 5) is 37.2. The van der Waals surface area contributed by atoms with Gasteiger partial charge in [0.15, 0.2) is 0 Å². The van der Waals surface area contributed by atoms with Gasteiger partial charge in [0.2, 0.25) is 5.90 Å². The summed E-state index contributed by atoms with van der Waals surface area (Å²) in [6, 6.07) is 5.94. The first-order valence-corrected chi connectivity index (χ1v) is 7.95. The number of carbonyl (C=O) groups is 3. The zero-order valence-electron chi connectivity index (χ0n) is 14.8. The number of halogens is 1. The van der Waals surface area contributed by atoms with Gasteiger partial charge in [-0.05, 0) is 38.5 Å². The van der Waals surface area contributed by atoms with E-state index in [1.165, 1.54) is 0 Å². The lowest BCUT2D eigenvalue weighted by atomic mass is 9.91. The second-order valence-corrected chi connectivity index (χ2v) is 5.59. The van der Waals surface area contributed by atoms with Crippen LogP contribution in [0.2, 0.25) is 0 Å². The average molecular weight is 384 g/mol. The molecule has 8 nitrogen and oxygen atoms in total. The van der Waals surface area contributed by atoms with Crippen molar-refractivity contribution in [3.05, 3.63) is 35.4 Å². The molecule has 2 rings (SSSR count). The third-order valence-electron chi connectivity index (χ3n) is 3.88. The quantitative estimate of drug-likeness (QED) is 0.337. The molecule has 1 heterocycles. The number of urea groups is 1. The van der Waals surface area contributed by atoms with Crippen LogP contribution in [0.25, 0.3) is 0 Å². The Bertz CT molecular complexity index is 707. The van der Waals surface area contributed by atoms with E-state index in [9.17, 15) is 14.4 Å². The van der Waals surface area contributed by atoms with E-state index in [0.717, 1.165) is 4.90 Å². The highest BCUT2D eigenvalue weighted by Gasteiger charge is 2.49. The number of hydrogen-bond donors (Lipinski definition) is 2. The predicted octanol–water partition coefficient (Wildman–Crippen LogP) is 1.80. The molecule has 0 unspecified atom stereocenters. The molecule has 0 saturated carbocycles. The monoisotopic (exact) mass is 383 g/mol. The van der Waals surface area contributed by atoms with Gasteiger partial charge in [-0.25, -0.2) is 4.79 Å². The van der Waals surface area contributed by atoms with Crippen molar-refractivity contribution in [3.8, 4) is 0 Å². The first kappa shape index (κ1) is 21.4. The summed E-state index contributed by atoms with van der Waals surface area (Å²) in [5.41, 5.74) is -0.171. The summed E-state index contributed by atoms with van der Waals surface area (Å²) >= 11 is 0. The molecule has 1 aromatic rings. The van der Waals surface area contributed by atoms with Gasteiger partial charge in [0, 0.05) is 5.56 Å². The van der Waals surface area contributed by atoms with E-state index >= 15 is 0 Å². The van der Waals surface area contributed by atoms with Gasteiger partial charge in [-0.1, -0.05) is 12.1 Å². The maximum atomic E-state index is 12.7. The van der Waals surface area contributed by atoms with Crippen molar-refractivity contribution >= 4 is 36.2 Å². The Morgan fingerprint density at radius 3 is 2.27 bits per heavy atom. The van der Waals surface area contributed by atoms with Crippen LogP contribution in [0, 0.1) is 5.41 Å². The van der Waals surface area contributed by atoms with Gasteiger partial charge in [-0.2, -0.15) is 0 Å². The minimum Gasteiger partial charge on any atom is -0.478 e. The molecule has 1 aromatic carbocycles. The standard InChI is InChI=1S/C17H21N3O5.ClH/c1-4-24-13(21)10-20-15(22)17(3,19-16(20)23)12-8-6-11(7-9-12)14(18)25-5-2;/h6-9,18H,4-5,10H2,1-3H3,(H,19,23);1H/t17-;/m0./s1. The highest BCUT2D eigenvalue weighted by molar-refractivity contribution is 6.08. The van der Waals surface area contributed by atoms with E-state index in [2.05, 4.69) is 5.32 Å². The Hall–Kier alpha value is -2.61. The zero-order valence-corrected chi connectivity index (χ0v) is 15.6. The molecule has 1 saturated heterocycles. The van der Waals surface area contributed by atoms with Gasteiger partial charge in [0.05, 0.1) is 13.2 Å². The van der Waals surface area contributed by atoms with Crippen LogP contribution in [0.5, 0.6) is 0 Å². The molecule has 26 heavy (non-hydrogen) atoms. The van der Waals surface area contributed by atoms with Gasteiger partial charge in [0.1, 0.15) is 12.1 Å². The Labute approximate surface area is 157 Å². The zero-order chi connectivity index (χ0) is 18.6. The van der Waals surface area contributed by atoms with Gasteiger partial charge in [-0.15, -0.1) is 12.4 Å². The van der Waals surface area contributed by atoms with Crippen molar-refractivity contribution in [2.24, 2.45) is 0 Å². The largest absolute Gasteiger partial charge is 0.478 e. The van der Waals surface area contributed by atoms with E-state index in [-0.39, 0.29) is 24.9 Å². The van der Waals surface area contributed by atoms with Crippen LogP contribution in [0.1, 0.15) is 31.9 Å². The van der Waals surface area contributed by atoms with Crippen LogP contribution in [0.15, 0.2) is 24.3 Å². The minimum absolute atomic E-state index is 0. The van der Waals surface area contributed by atoms with Crippen LogP contribution < -0.4 is 5.32 Å². The van der Waals surface area contributed by atoms with Crippen LogP contribution in [0.4, 0.5) is 4.79 Å². The second kappa shape index (κ2) is 8.66. The first-order valence-electron chi connectivity index (χ1n) is 7.95. The Kier molecular flexibility index (Phi) is 7.14. The molecule has 0 aliphatic carbocycles. The topological polar surface area (TPSA) is 109 Å². The minimum atomic E-state index is -1.28. The number of imide groups is 1. The molecule has 9 heteroatoms. The molecule has 142 valence electrons. The van der Waals surface area contributed by atoms with E-state index in [0.29, 0.717) is 17.7 Å². The van der Waals surface area contributed by atoms with E-state index in [4.69, 9.17) is 14.9 Å². The molecular formula is C17H22ClN3O5. The highest BCUT2D eigenvalue weighted by Crippen LogP contribution is 2.29. The SMILES string of the molecule is CCOC(=N)c1ccc([C@]2(C)NC(=O)N(CC(=O)OCC)C2=O)cc1.Cl. The van der Waals surface area contributed by atoms with Crippen molar-refractivity contribution in [2.75, 3.05) is 19.8 Å². The third kappa shape index (κ3) is 4.13. The van der Waals surface area contributed by atoms with Crippen LogP contribution >= 0.6 is 12.4 Å². The number of nitrogens with zero attached hydrogens (tertiary/aromatic N) is 1. The molecule has 1 aliphatic heterocycles. The summed E-state index contributed by atoms with van der Waals surface area (Å²) in [6.07, 6.45) is 0. The molecule has 0 radical (unpaired) electrons. The van der Waals surface area contributed by atoms with E-state index in [1.807, 2.05) is 0 Å². The van der Waals surface area contributed by atoms with Gasteiger partial charge >= 0.3 is 12.0 Å². The lowest BCUT2D eigenvalue weighted by Crippen LogP contribution is -2.41. The maximum Gasteiger partial charge on any atom is 0.326 e. The molecule has 1 aliphatic rings. The lowest BCUT2D eigenvalue weighted by molar-refractivity contribution is -0.147.